The molecule has 1 unspecified atom stereocenters. The van der Waals surface area contributed by atoms with Gasteiger partial charge in [-0.15, -0.1) is 0 Å². The SMILES string of the molecule is CCC1CCC(C(N)c2cnn3ccccc23)CC1. The molecule has 0 radical (unpaired) electrons. The molecule has 2 aromatic rings. The minimum absolute atomic E-state index is 0.137. The zero-order valence-electron chi connectivity index (χ0n) is 11.6. The smallest absolute Gasteiger partial charge is 0.0709 e. The molecule has 0 spiro atoms. The van der Waals surface area contributed by atoms with Crippen LogP contribution in [0.4, 0.5) is 0 Å². The highest BCUT2D eigenvalue weighted by molar-refractivity contribution is 5.54. The van der Waals surface area contributed by atoms with Crippen molar-refractivity contribution in [1.29, 1.82) is 0 Å². The van der Waals surface area contributed by atoms with Crippen molar-refractivity contribution in [2.24, 2.45) is 17.6 Å². The third kappa shape index (κ3) is 2.39. The lowest BCUT2D eigenvalue weighted by molar-refractivity contribution is 0.240. The van der Waals surface area contributed by atoms with E-state index in [0.29, 0.717) is 5.92 Å². The van der Waals surface area contributed by atoms with Crippen molar-refractivity contribution in [3.63, 3.8) is 0 Å². The number of aromatic nitrogens is 2. The van der Waals surface area contributed by atoms with E-state index in [1.807, 2.05) is 23.0 Å². The Bertz CT molecular complexity index is 538. The molecule has 2 aromatic heterocycles. The first-order chi connectivity index (χ1) is 9.29. The molecule has 3 rings (SSSR count). The summed E-state index contributed by atoms with van der Waals surface area (Å²) in [5.41, 5.74) is 8.88. The first-order valence-corrected chi connectivity index (χ1v) is 7.47. The van der Waals surface area contributed by atoms with Gasteiger partial charge < -0.3 is 5.73 Å². The van der Waals surface area contributed by atoms with Crippen LogP contribution in [0.3, 0.4) is 0 Å². The number of nitrogens with zero attached hydrogens (tertiary/aromatic N) is 2. The number of pyridine rings is 1. The molecular weight excluding hydrogens is 234 g/mol. The Morgan fingerprint density at radius 2 is 2.11 bits per heavy atom. The summed E-state index contributed by atoms with van der Waals surface area (Å²) in [4.78, 5) is 0. The molecule has 0 saturated heterocycles. The van der Waals surface area contributed by atoms with Crippen molar-refractivity contribution >= 4 is 5.52 Å². The lowest BCUT2D eigenvalue weighted by Gasteiger charge is -2.31. The molecule has 1 aliphatic carbocycles. The van der Waals surface area contributed by atoms with Gasteiger partial charge in [-0.2, -0.15) is 5.10 Å². The molecule has 0 amide bonds. The van der Waals surface area contributed by atoms with Gasteiger partial charge in [0, 0.05) is 17.8 Å². The van der Waals surface area contributed by atoms with Crippen LogP contribution < -0.4 is 5.73 Å². The van der Waals surface area contributed by atoms with E-state index < -0.39 is 0 Å². The van der Waals surface area contributed by atoms with Crippen LogP contribution in [0.5, 0.6) is 0 Å². The Hall–Kier alpha value is -1.35. The second-order valence-corrected chi connectivity index (χ2v) is 5.85. The van der Waals surface area contributed by atoms with Crippen LogP contribution in [0.25, 0.3) is 5.52 Å². The highest BCUT2D eigenvalue weighted by Crippen LogP contribution is 2.37. The van der Waals surface area contributed by atoms with Crippen LogP contribution in [0.2, 0.25) is 0 Å². The number of nitrogens with two attached hydrogens (primary N) is 1. The molecule has 102 valence electrons. The maximum absolute atomic E-state index is 6.51. The van der Waals surface area contributed by atoms with E-state index in [0.717, 1.165) is 11.4 Å². The summed E-state index contributed by atoms with van der Waals surface area (Å²) in [5.74, 6) is 1.54. The van der Waals surface area contributed by atoms with Gasteiger partial charge in [0.2, 0.25) is 0 Å². The summed E-state index contributed by atoms with van der Waals surface area (Å²) in [5, 5.41) is 4.40. The number of hydrogen-bond acceptors (Lipinski definition) is 2. The predicted molar refractivity (Wildman–Crippen MR) is 77.9 cm³/mol. The topological polar surface area (TPSA) is 43.3 Å². The van der Waals surface area contributed by atoms with E-state index in [2.05, 4.69) is 24.2 Å². The van der Waals surface area contributed by atoms with Crippen LogP contribution in [0.15, 0.2) is 30.6 Å². The predicted octanol–water partition coefficient (Wildman–Crippen LogP) is 3.55. The average molecular weight is 257 g/mol. The van der Waals surface area contributed by atoms with Crippen molar-refractivity contribution < 1.29 is 0 Å². The van der Waals surface area contributed by atoms with E-state index in [-0.39, 0.29) is 6.04 Å². The van der Waals surface area contributed by atoms with Crippen molar-refractivity contribution in [2.75, 3.05) is 0 Å². The Balaban J connectivity index is 1.79. The minimum atomic E-state index is 0.137. The van der Waals surface area contributed by atoms with E-state index in [1.54, 1.807) is 0 Å². The summed E-state index contributed by atoms with van der Waals surface area (Å²) in [7, 11) is 0. The number of rotatable bonds is 3. The van der Waals surface area contributed by atoms with E-state index in [9.17, 15) is 0 Å². The van der Waals surface area contributed by atoms with E-state index in [1.165, 1.54) is 37.7 Å². The van der Waals surface area contributed by atoms with Crippen LogP contribution in [0.1, 0.15) is 50.6 Å². The van der Waals surface area contributed by atoms with Gasteiger partial charge in [0.05, 0.1) is 11.7 Å². The maximum atomic E-state index is 6.51. The van der Waals surface area contributed by atoms with Crippen molar-refractivity contribution in [2.45, 2.75) is 45.1 Å². The van der Waals surface area contributed by atoms with Crippen molar-refractivity contribution in [3.8, 4) is 0 Å². The van der Waals surface area contributed by atoms with E-state index >= 15 is 0 Å². The van der Waals surface area contributed by atoms with Gasteiger partial charge >= 0.3 is 0 Å². The quantitative estimate of drug-likeness (QED) is 0.913. The fourth-order valence-corrected chi connectivity index (χ4v) is 3.42. The van der Waals surface area contributed by atoms with Gasteiger partial charge in [0.25, 0.3) is 0 Å². The van der Waals surface area contributed by atoms with Gasteiger partial charge in [-0.05, 0) is 36.8 Å². The third-order valence-electron chi connectivity index (χ3n) is 4.79. The highest BCUT2D eigenvalue weighted by Gasteiger charge is 2.27. The normalized spacial score (nSPS) is 25.6. The minimum Gasteiger partial charge on any atom is -0.324 e. The molecule has 2 N–H and O–H groups in total. The highest BCUT2D eigenvalue weighted by atomic mass is 15.2. The van der Waals surface area contributed by atoms with Crippen LogP contribution in [-0.2, 0) is 0 Å². The monoisotopic (exact) mass is 257 g/mol. The van der Waals surface area contributed by atoms with Gasteiger partial charge in [0.15, 0.2) is 0 Å². The summed E-state index contributed by atoms with van der Waals surface area (Å²) in [6.45, 7) is 2.30. The van der Waals surface area contributed by atoms with Gasteiger partial charge in [-0.25, -0.2) is 4.52 Å². The molecule has 0 aromatic carbocycles. The Labute approximate surface area is 114 Å². The van der Waals surface area contributed by atoms with E-state index in [4.69, 9.17) is 5.73 Å². The third-order valence-corrected chi connectivity index (χ3v) is 4.79. The largest absolute Gasteiger partial charge is 0.324 e. The molecule has 1 aliphatic rings. The standard InChI is InChI=1S/C16H23N3/c1-2-12-6-8-13(9-7-12)16(17)14-11-18-19-10-4-3-5-15(14)19/h3-5,10-13,16H,2,6-9,17H2,1H3. The summed E-state index contributed by atoms with van der Waals surface area (Å²) in [6, 6.07) is 6.31. The first kappa shape index (κ1) is 12.7. The van der Waals surface area contributed by atoms with Crippen molar-refractivity contribution in [1.82, 2.24) is 9.61 Å². The number of fused-ring (bicyclic) bond motifs is 1. The molecule has 0 bridgehead atoms. The van der Waals surface area contributed by atoms with Gasteiger partial charge in [-0.1, -0.05) is 32.3 Å². The second-order valence-electron chi connectivity index (χ2n) is 5.85. The lowest BCUT2D eigenvalue weighted by Crippen LogP contribution is -2.25. The lowest BCUT2D eigenvalue weighted by atomic mass is 9.76. The molecule has 2 heterocycles. The first-order valence-electron chi connectivity index (χ1n) is 7.47. The second kappa shape index (κ2) is 5.33. The summed E-state index contributed by atoms with van der Waals surface area (Å²) < 4.78 is 1.92. The molecule has 19 heavy (non-hydrogen) atoms. The summed E-state index contributed by atoms with van der Waals surface area (Å²) >= 11 is 0. The Morgan fingerprint density at radius 3 is 2.84 bits per heavy atom. The molecular formula is C16H23N3. The number of hydrogen-bond donors (Lipinski definition) is 1. The Kier molecular flexibility index (Phi) is 3.56. The molecule has 1 atom stereocenters. The molecule has 1 saturated carbocycles. The fourth-order valence-electron chi connectivity index (χ4n) is 3.42. The van der Waals surface area contributed by atoms with Crippen LogP contribution in [0, 0.1) is 11.8 Å². The molecule has 0 aliphatic heterocycles. The summed E-state index contributed by atoms with van der Waals surface area (Å²) in [6.07, 6.45) is 10.5. The van der Waals surface area contributed by atoms with Gasteiger partial charge in [0.1, 0.15) is 0 Å². The van der Waals surface area contributed by atoms with Gasteiger partial charge in [-0.3, -0.25) is 0 Å². The zero-order chi connectivity index (χ0) is 13.2. The zero-order valence-corrected chi connectivity index (χ0v) is 11.6. The maximum Gasteiger partial charge on any atom is 0.0709 e. The van der Waals surface area contributed by atoms with Crippen molar-refractivity contribution in [3.05, 3.63) is 36.2 Å². The fraction of sp³-hybridized carbons (Fsp3) is 0.562. The van der Waals surface area contributed by atoms with Crippen LogP contribution >= 0.6 is 0 Å². The molecule has 3 heteroatoms. The van der Waals surface area contributed by atoms with Crippen LogP contribution in [-0.4, -0.2) is 9.61 Å². The molecule has 3 nitrogen and oxygen atoms in total. The average Bonchev–Trinajstić information content (AvgIpc) is 2.90. The molecule has 1 fully saturated rings. The Morgan fingerprint density at radius 1 is 1.32 bits per heavy atom.